The van der Waals surface area contributed by atoms with Crippen molar-refractivity contribution in [3.8, 4) is 11.3 Å². The number of nitrogens with one attached hydrogen (secondary N) is 1. The molecular formula is C19H20F3N5O3. The van der Waals surface area contributed by atoms with Gasteiger partial charge in [-0.3, -0.25) is 4.79 Å². The summed E-state index contributed by atoms with van der Waals surface area (Å²) < 4.78 is 45.2. The SMILES string of the molecule is O=C(COC1CC(O)C1)NC12CC(n3cnc(-c4cnc(C(F)(F)F)nc4)c3)(C1)C2. The number of imidazole rings is 1. The van der Waals surface area contributed by atoms with E-state index in [9.17, 15) is 23.1 Å². The number of aromatic nitrogens is 4. The molecule has 30 heavy (non-hydrogen) atoms. The number of alkyl halides is 3. The molecule has 4 saturated carbocycles. The van der Waals surface area contributed by atoms with Gasteiger partial charge in [-0.1, -0.05) is 0 Å². The van der Waals surface area contributed by atoms with Crippen molar-refractivity contribution in [2.75, 3.05) is 6.61 Å². The summed E-state index contributed by atoms with van der Waals surface area (Å²) in [6, 6.07) is 0. The van der Waals surface area contributed by atoms with Gasteiger partial charge in [-0.05, 0) is 32.1 Å². The molecule has 2 aromatic heterocycles. The predicted octanol–water partition coefficient (Wildman–Crippen LogP) is 1.65. The lowest BCUT2D eigenvalue weighted by molar-refractivity contribution is -0.162. The van der Waals surface area contributed by atoms with Crippen molar-refractivity contribution in [1.29, 1.82) is 0 Å². The first-order valence-corrected chi connectivity index (χ1v) is 9.71. The number of carbonyl (C=O) groups excluding carboxylic acids is 1. The minimum Gasteiger partial charge on any atom is -0.393 e. The summed E-state index contributed by atoms with van der Waals surface area (Å²) in [5, 5.41) is 12.3. The van der Waals surface area contributed by atoms with E-state index in [1.54, 1.807) is 12.5 Å². The van der Waals surface area contributed by atoms with Gasteiger partial charge >= 0.3 is 6.18 Å². The number of rotatable bonds is 6. The van der Waals surface area contributed by atoms with Crippen molar-refractivity contribution < 1.29 is 27.8 Å². The number of halogens is 3. The highest BCUT2D eigenvalue weighted by Gasteiger charge is 2.69. The lowest BCUT2D eigenvalue weighted by Gasteiger charge is -2.70. The number of hydrogen-bond acceptors (Lipinski definition) is 6. The third-order valence-corrected chi connectivity index (χ3v) is 6.26. The summed E-state index contributed by atoms with van der Waals surface area (Å²) in [6.07, 6.45) is 4.21. The molecule has 0 atom stereocenters. The van der Waals surface area contributed by atoms with Crippen molar-refractivity contribution >= 4 is 5.91 Å². The number of amides is 1. The van der Waals surface area contributed by atoms with Gasteiger partial charge < -0.3 is 19.7 Å². The fourth-order valence-corrected chi connectivity index (χ4v) is 4.68. The minimum absolute atomic E-state index is 0.00468. The van der Waals surface area contributed by atoms with Crippen LogP contribution in [-0.4, -0.2) is 54.9 Å². The molecule has 0 aliphatic heterocycles. The van der Waals surface area contributed by atoms with Crippen molar-refractivity contribution in [1.82, 2.24) is 24.8 Å². The first kappa shape index (κ1) is 19.4. The van der Waals surface area contributed by atoms with Gasteiger partial charge in [-0.2, -0.15) is 13.2 Å². The van der Waals surface area contributed by atoms with Gasteiger partial charge in [0.2, 0.25) is 11.7 Å². The topological polar surface area (TPSA) is 102 Å². The quantitative estimate of drug-likeness (QED) is 0.733. The number of aliphatic hydroxyl groups excluding tert-OH is 1. The second-order valence-corrected chi connectivity index (χ2v) is 8.60. The van der Waals surface area contributed by atoms with Crippen LogP contribution < -0.4 is 5.32 Å². The van der Waals surface area contributed by atoms with Crippen LogP contribution in [0.3, 0.4) is 0 Å². The summed E-state index contributed by atoms with van der Waals surface area (Å²) in [4.78, 5) is 23.1. The van der Waals surface area contributed by atoms with E-state index in [0.717, 1.165) is 31.7 Å². The van der Waals surface area contributed by atoms with Gasteiger partial charge in [0.15, 0.2) is 0 Å². The first-order chi connectivity index (χ1) is 14.2. The van der Waals surface area contributed by atoms with Gasteiger partial charge in [0.05, 0.1) is 29.8 Å². The summed E-state index contributed by atoms with van der Waals surface area (Å²) in [5.74, 6) is -1.34. The fraction of sp³-hybridized carbons (Fsp3) is 0.579. The molecule has 2 bridgehead atoms. The van der Waals surface area contributed by atoms with Crippen LogP contribution in [0.1, 0.15) is 37.9 Å². The average Bonchev–Trinajstić information content (AvgIpc) is 3.08. The van der Waals surface area contributed by atoms with E-state index in [-0.39, 0.29) is 35.8 Å². The highest BCUT2D eigenvalue weighted by Crippen LogP contribution is 2.65. The molecule has 4 aliphatic rings. The molecule has 160 valence electrons. The van der Waals surface area contributed by atoms with Crippen LogP contribution in [0.4, 0.5) is 13.2 Å². The van der Waals surface area contributed by atoms with E-state index in [0.29, 0.717) is 24.1 Å². The number of ether oxygens (including phenoxy) is 1. The van der Waals surface area contributed by atoms with E-state index in [1.807, 2.05) is 4.57 Å². The first-order valence-electron chi connectivity index (χ1n) is 9.71. The summed E-state index contributed by atoms with van der Waals surface area (Å²) in [6.45, 7) is -0.00468. The lowest BCUT2D eigenvalue weighted by Crippen LogP contribution is -2.78. The Morgan fingerprint density at radius 1 is 1.23 bits per heavy atom. The summed E-state index contributed by atoms with van der Waals surface area (Å²) in [5.41, 5.74) is 0.573. The Labute approximate surface area is 169 Å². The zero-order chi connectivity index (χ0) is 21.1. The van der Waals surface area contributed by atoms with E-state index in [1.165, 1.54) is 0 Å². The summed E-state index contributed by atoms with van der Waals surface area (Å²) >= 11 is 0. The number of nitrogens with zero attached hydrogens (tertiary/aromatic N) is 4. The predicted molar refractivity (Wildman–Crippen MR) is 95.9 cm³/mol. The summed E-state index contributed by atoms with van der Waals surface area (Å²) in [7, 11) is 0. The largest absolute Gasteiger partial charge is 0.451 e. The average molecular weight is 423 g/mol. The molecule has 6 rings (SSSR count). The second kappa shape index (κ2) is 6.48. The zero-order valence-corrected chi connectivity index (χ0v) is 15.9. The third-order valence-electron chi connectivity index (χ3n) is 6.26. The molecule has 8 nitrogen and oxygen atoms in total. The molecule has 2 heterocycles. The van der Waals surface area contributed by atoms with Crippen LogP contribution >= 0.6 is 0 Å². The molecule has 4 aliphatic carbocycles. The maximum Gasteiger partial charge on any atom is 0.451 e. The van der Waals surface area contributed by atoms with Crippen molar-refractivity contribution in [3.63, 3.8) is 0 Å². The van der Waals surface area contributed by atoms with Crippen molar-refractivity contribution in [2.45, 2.75) is 61.6 Å². The molecule has 0 saturated heterocycles. The second-order valence-electron chi connectivity index (χ2n) is 8.60. The molecule has 4 fully saturated rings. The Hall–Kier alpha value is -2.53. The molecule has 0 spiro atoms. The van der Waals surface area contributed by atoms with E-state index in [4.69, 9.17) is 4.74 Å². The molecule has 1 amide bonds. The van der Waals surface area contributed by atoms with E-state index < -0.39 is 12.0 Å². The van der Waals surface area contributed by atoms with E-state index >= 15 is 0 Å². The zero-order valence-electron chi connectivity index (χ0n) is 15.9. The smallest absolute Gasteiger partial charge is 0.393 e. The van der Waals surface area contributed by atoms with Crippen LogP contribution in [0.2, 0.25) is 0 Å². The standard InChI is InChI=1S/C19H20F3N5O3/c20-19(21,22)16-23-3-11(4-24-16)14-5-27(10-25-14)18-7-17(8-18,9-18)26-15(29)6-30-13-1-12(28)2-13/h3-5,10,12-13,28H,1-2,6-9H2,(H,26,29). The number of carbonyl (C=O) groups is 1. The Morgan fingerprint density at radius 2 is 1.90 bits per heavy atom. The van der Waals surface area contributed by atoms with Crippen LogP contribution in [0.5, 0.6) is 0 Å². The Morgan fingerprint density at radius 3 is 2.50 bits per heavy atom. The van der Waals surface area contributed by atoms with Crippen LogP contribution in [-0.2, 0) is 21.2 Å². The molecule has 0 radical (unpaired) electrons. The highest BCUT2D eigenvalue weighted by atomic mass is 19.4. The maximum absolute atomic E-state index is 12.6. The van der Waals surface area contributed by atoms with Crippen LogP contribution in [0.15, 0.2) is 24.9 Å². The Bertz CT molecular complexity index is 949. The molecule has 2 N–H and O–H groups in total. The van der Waals surface area contributed by atoms with E-state index in [2.05, 4.69) is 20.3 Å². The maximum atomic E-state index is 12.6. The Kier molecular flexibility index (Phi) is 4.20. The molecular weight excluding hydrogens is 403 g/mol. The normalized spacial score (nSPS) is 32.0. The van der Waals surface area contributed by atoms with Crippen molar-refractivity contribution in [2.24, 2.45) is 0 Å². The third kappa shape index (κ3) is 3.25. The van der Waals surface area contributed by atoms with Gasteiger partial charge in [0.25, 0.3) is 0 Å². The molecule has 11 heteroatoms. The van der Waals surface area contributed by atoms with Gasteiger partial charge in [0.1, 0.15) is 6.61 Å². The fourth-order valence-electron chi connectivity index (χ4n) is 4.68. The van der Waals surface area contributed by atoms with Gasteiger partial charge in [0, 0.05) is 29.7 Å². The number of aliphatic hydroxyl groups is 1. The van der Waals surface area contributed by atoms with Crippen molar-refractivity contribution in [3.05, 3.63) is 30.7 Å². The molecule has 0 unspecified atom stereocenters. The number of hydrogen-bond donors (Lipinski definition) is 2. The molecule has 2 aromatic rings. The van der Waals surface area contributed by atoms with Gasteiger partial charge in [-0.25, -0.2) is 15.0 Å². The van der Waals surface area contributed by atoms with Crippen LogP contribution in [0.25, 0.3) is 11.3 Å². The Balaban J connectivity index is 1.16. The minimum atomic E-state index is -4.58. The monoisotopic (exact) mass is 423 g/mol. The van der Waals surface area contributed by atoms with Crippen LogP contribution in [0, 0.1) is 0 Å². The lowest BCUT2D eigenvalue weighted by atomic mass is 9.44. The van der Waals surface area contributed by atoms with Gasteiger partial charge in [-0.15, -0.1) is 0 Å². The highest BCUT2D eigenvalue weighted by molar-refractivity contribution is 5.79. The molecule has 0 aromatic carbocycles.